The average molecular weight is 284 g/mol. The predicted molar refractivity (Wildman–Crippen MR) is 57.5 cm³/mol. The number of halogens is 3. The van der Waals surface area contributed by atoms with Crippen LogP contribution in [-0.2, 0) is 14.3 Å². The van der Waals surface area contributed by atoms with Gasteiger partial charge in [-0.2, -0.15) is 13.2 Å². The number of aliphatic carboxylic acids is 1. The second-order valence-corrected chi connectivity index (χ2v) is 4.67. The number of carbonyl (C=O) groups is 2. The zero-order valence-electron chi connectivity index (χ0n) is 10.3. The molecule has 19 heavy (non-hydrogen) atoms. The Morgan fingerprint density at radius 3 is 2.47 bits per heavy atom. The molecule has 1 amide bonds. The van der Waals surface area contributed by atoms with Crippen LogP contribution in [0, 0.1) is 0 Å². The van der Waals surface area contributed by atoms with Crippen molar-refractivity contribution < 1.29 is 32.6 Å². The molecule has 1 aliphatic heterocycles. The van der Waals surface area contributed by atoms with E-state index in [9.17, 15) is 22.8 Å². The summed E-state index contributed by atoms with van der Waals surface area (Å²) in [4.78, 5) is 23.1. The summed E-state index contributed by atoms with van der Waals surface area (Å²) in [5.74, 6) is -1.82. The SMILES string of the molecule is CC1(OCC(=O)O)CN(CC(=O)NCC(F)(F)F)C1. The van der Waals surface area contributed by atoms with Crippen molar-refractivity contribution in [3.8, 4) is 0 Å². The number of carboxylic acid groups (broad SMARTS) is 1. The summed E-state index contributed by atoms with van der Waals surface area (Å²) in [6, 6.07) is 0. The largest absolute Gasteiger partial charge is 0.480 e. The van der Waals surface area contributed by atoms with Gasteiger partial charge in [-0.25, -0.2) is 4.79 Å². The highest BCUT2D eigenvalue weighted by Crippen LogP contribution is 2.24. The summed E-state index contributed by atoms with van der Waals surface area (Å²) in [5.41, 5.74) is -0.664. The molecule has 9 heteroatoms. The normalized spacial score (nSPS) is 18.7. The van der Waals surface area contributed by atoms with E-state index in [2.05, 4.69) is 0 Å². The van der Waals surface area contributed by atoms with Crippen molar-refractivity contribution in [3.05, 3.63) is 0 Å². The number of carbonyl (C=O) groups excluding carboxylic acids is 1. The molecule has 0 spiro atoms. The van der Waals surface area contributed by atoms with Gasteiger partial charge in [-0.15, -0.1) is 0 Å². The Morgan fingerprint density at radius 1 is 1.42 bits per heavy atom. The first-order chi connectivity index (χ1) is 8.60. The number of rotatable bonds is 6. The summed E-state index contributed by atoms with van der Waals surface area (Å²) in [7, 11) is 0. The van der Waals surface area contributed by atoms with Gasteiger partial charge in [0.15, 0.2) is 0 Å². The smallest absolute Gasteiger partial charge is 0.405 e. The van der Waals surface area contributed by atoms with Crippen LogP contribution in [0.2, 0.25) is 0 Å². The third kappa shape index (κ3) is 5.88. The van der Waals surface area contributed by atoms with E-state index in [1.54, 1.807) is 17.1 Å². The van der Waals surface area contributed by atoms with Crippen LogP contribution >= 0.6 is 0 Å². The van der Waals surface area contributed by atoms with Gasteiger partial charge in [0, 0.05) is 13.1 Å². The number of amides is 1. The van der Waals surface area contributed by atoms with Gasteiger partial charge in [0.05, 0.1) is 12.1 Å². The van der Waals surface area contributed by atoms with Crippen molar-refractivity contribution >= 4 is 11.9 Å². The van der Waals surface area contributed by atoms with Gasteiger partial charge >= 0.3 is 12.1 Å². The molecule has 0 atom stereocenters. The number of carboxylic acids is 1. The van der Waals surface area contributed by atoms with Crippen molar-refractivity contribution in [1.82, 2.24) is 10.2 Å². The zero-order valence-corrected chi connectivity index (χ0v) is 10.3. The maximum Gasteiger partial charge on any atom is 0.405 e. The molecule has 1 fully saturated rings. The Balaban J connectivity index is 2.20. The van der Waals surface area contributed by atoms with Crippen molar-refractivity contribution in [1.29, 1.82) is 0 Å². The molecule has 0 aromatic heterocycles. The topological polar surface area (TPSA) is 78.9 Å². The first-order valence-electron chi connectivity index (χ1n) is 5.51. The van der Waals surface area contributed by atoms with E-state index in [0.29, 0.717) is 13.1 Å². The van der Waals surface area contributed by atoms with E-state index in [-0.39, 0.29) is 6.54 Å². The molecule has 1 saturated heterocycles. The predicted octanol–water partition coefficient (Wildman–Crippen LogP) is -0.160. The Kier molecular flexibility index (Phi) is 4.75. The fourth-order valence-electron chi connectivity index (χ4n) is 1.80. The molecule has 0 aliphatic carbocycles. The molecule has 0 radical (unpaired) electrons. The molecule has 6 nitrogen and oxygen atoms in total. The second kappa shape index (κ2) is 5.74. The number of hydrogen-bond acceptors (Lipinski definition) is 4. The zero-order chi connectivity index (χ0) is 14.7. The van der Waals surface area contributed by atoms with Crippen LogP contribution < -0.4 is 5.32 Å². The lowest BCUT2D eigenvalue weighted by Crippen LogP contribution is -2.63. The number of ether oxygens (including phenoxy) is 1. The lowest BCUT2D eigenvalue weighted by atomic mass is 9.96. The van der Waals surface area contributed by atoms with Crippen molar-refractivity contribution in [3.63, 3.8) is 0 Å². The Labute approximate surface area is 107 Å². The molecule has 2 N–H and O–H groups in total. The molecule has 0 saturated carbocycles. The van der Waals surface area contributed by atoms with Gasteiger partial charge in [0.1, 0.15) is 13.2 Å². The average Bonchev–Trinajstić information content (AvgIpc) is 2.20. The Bertz CT molecular complexity index is 353. The van der Waals surface area contributed by atoms with Gasteiger partial charge < -0.3 is 15.2 Å². The number of nitrogens with one attached hydrogen (secondary N) is 1. The first kappa shape index (κ1) is 15.7. The Hall–Kier alpha value is -1.35. The summed E-state index contributed by atoms with van der Waals surface area (Å²) in [6.07, 6.45) is -4.43. The molecule has 0 bridgehead atoms. The maximum atomic E-state index is 11.8. The third-order valence-corrected chi connectivity index (χ3v) is 2.51. The molecule has 1 rings (SSSR count). The molecular formula is C10H15F3N2O4. The summed E-state index contributed by atoms with van der Waals surface area (Å²) in [6.45, 7) is 0.332. The van der Waals surface area contributed by atoms with E-state index in [4.69, 9.17) is 9.84 Å². The highest BCUT2D eigenvalue weighted by Gasteiger charge is 2.41. The fraction of sp³-hybridized carbons (Fsp3) is 0.800. The molecule has 1 aliphatic rings. The minimum Gasteiger partial charge on any atom is -0.480 e. The molecule has 0 aromatic carbocycles. The molecule has 1 heterocycles. The van der Waals surface area contributed by atoms with Crippen LogP contribution in [0.4, 0.5) is 13.2 Å². The Morgan fingerprint density at radius 2 is 2.00 bits per heavy atom. The maximum absolute atomic E-state index is 11.8. The van der Waals surface area contributed by atoms with Crippen LogP contribution in [0.25, 0.3) is 0 Å². The standard InChI is InChI=1S/C10H15F3N2O4/c1-9(19-3-8(17)18)5-15(6-9)2-7(16)14-4-10(11,12)13/h2-6H2,1H3,(H,14,16)(H,17,18). The number of nitrogens with zero attached hydrogens (tertiary/aromatic N) is 1. The first-order valence-corrected chi connectivity index (χ1v) is 5.51. The van der Waals surface area contributed by atoms with Crippen LogP contribution in [0.15, 0.2) is 0 Å². The van der Waals surface area contributed by atoms with Crippen LogP contribution in [0.1, 0.15) is 6.92 Å². The van der Waals surface area contributed by atoms with Crippen LogP contribution in [0.5, 0.6) is 0 Å². The fourth-order valence-corrected chi connectivity index (χ4v) is 1.80. The van der Waals surface area contributed by atoms with Crippen LogP contribution in [-0.4, -0.2) is 66.4 Å². The van der Waals surface area contributed by atoms with E-state index >= 15 is 0 Å². The van der Waals surface area contributed by atoms with Gasteiger partial charge in [0.25, 0.3) is 0 Å². The van der Waals surface area contributed by atoms with E-state index in [1.165, 1.54) is 0 Å². The summed E-state index contributed by atoms with van der Waals surface area (Å²) >= 11 is 0. The second-order valence-electron chi connectivity index (χ2n) is 4.67. The summed E-state index contributed by atoms with van der Waals surface area (Å²) < 4.78 is 40.6. The van der Waals surface area contributed by atoms with Gasteiger partial charge in [-0.1, -0.05) is 0 Å². The lowest BCUT2D eigenvalue weighted by Gasteiger charge is -2.46. The highest BCUT2D eigenvalue weighted by atomic mass is 19.4. The minimum atomic E-state index is -4.43. The van der Waals surface area contributed by atoms with Gasteiger partial charge in [-0.05, 0) is 6.92 Å². The molecular weight excluding hydrogens is 269 g/mol. The van der Waals surface area contributed by atoms with Gasteiger partial charge in [-0.3, -0.25) is 9.69 Å². The molecule has 0 unspecified atom stereocenters. The van der Waals surface area contributed by atoms with Crippen molar-refractivity contribution in [2.75, 3.05) is 32.8 Å². The number of alkyl halides is 3. The quantitative estimate of drug-likeness (QED) is 0.708. The molecule has 0 aromatic rings. The number of hydrogen-bond donors (Lipinski definition) is 2. The van der Waals surface area contributed by atoms with E-state index in [1.807, 2.05) is 0 Å². The van der Waals surface area contributed by atoms with Crippen molar-refractivity contribution in [2.45, 2.75) is 18.7 Å². The minimum absolute atomic E-state index is 0.165. The highest BCUT2D eigenvalue weighted by molar-refractivity contribution is 5.78. The third-order valence-electron chi connectivity index (χ3n) is 2.51. The van der Waals surface area contributed by atoms with Crippen LogP contribution in [0.3, 0.4) is 0 Å². The van der Waals surface area contributed by atoms with E-state index < -0.39 is 36.8 Å². The van der Waals surface area contributed by atoms with E-state index in [0.717, 1.165) is 0 Å². The molecule has 110 valence electrons. The monoisotopic (exact) mass is 284 g/mol. The van der Waals surface area contributed by atoms with Crippen molar-refractivity contribution in [2.24, 2.45) is 0 Å². The lowest BCUT2D eigenvalue weighted by molar-refractivity contribution is -0.167. The summed E-state index contributed by atoms with van der Waals surface area (Å²) in [5, 5.41) is 10.2. The van der Waals surface area contributed by atoms with Gasteiger partial charge in [0.2, 0.25) is 5.91 Å². The number of likely N-dealkylation sites (tertiary alicyclic amines) is 1.